The van der Waals surface area contributed by atoms with E-state index in [2.05, 4.69) is 5.32 Å². The molecule has 0 aromatic rings. The number of nitrogens with zero attached hydrogens (tertiary/aromatic N) is 1. The lowest BCUT2D eigenvalue weighted by Gasteiger charge is -2.44. The van der Waals surface area contributed by atoms with Crippen molar-refractivity contribution in [3.8, 4) is 0 Å². The number of aliphatic hydroxyl groups is 3. The zero-order valence-electron chi connectivity index (χ0n) is 11.4. The summed E-state index contributed by atoms with van der Waals surface area (Å²) in [5, 5.41) is 31.8. The lowest BCUT2D eigenvalue weighted by Crippen LogP contribution is -2.68. The van der Waals surface area contributed by atoms with Crippen molar-refractivity contribution in [2.24, 2.45) is 0 Å². The molecule has 0 aromatic heterocycles. The van der Waals surface area contributed by atoms with E-state index in [0.29, 0.717) is 6.42 Å². The summed E-state index contributed by atoms with van der Waals surface area (Å²) >= 11 is 0. The van der Waals surface area contributed by atoms with E-state index in [-0.39, 0.29) is 13.0 Å². The van der Waals surface area contributed by atoms with Gasteiger partial charge in [0.05, 0.1) is 6.04 Å². The largest absolute Gasteiger partial charge is 0.463 e. The number of carbonyl (C=O) groups is 3. The second-order valence-corrected chi connectivity index (χ2v) is 5.10. The maximum Gasteiger partial charge on any atom is 0.314 e. The van der Waals surface area contributed by atoms with Crippen LogP contribution < -0.4 is 5.32 Å². The summed E-state index contributed by atoms with van der Waals surface area (Å²) in [6, 6.07) is -1.10. The average Bonchev–Trinajstić information content (AvgIpc) is 2.73. The molecule has 0 unspecified atom stereocenters. The van der Waals surface area contributed by atoms with Crippen LogP contribution in [0, 0.1) is 0 Å². The van der Waals surface area contributed by atoms with Crippen molar-refractivity contribution in [2.75, 3.05) is 6.61 Å². The second kappa shape index (κ2) is 5.96. The highest BCUT2D eigenvalue weighted by atomic mass is 16.5. The maximum absolute atomic E-state index is 11.8. The molecule has 0 aromatic carbocycles. The van der Waals surface area contributed by atoms with Gasteiger partial charge < -0.3 is 30.3 Å². The van der Waals surface area contributed by atoms with Crippen molar-refractivity contribution < 1.29 is 34.4 Å². The Morgan fingerprint density at radius 3 is 2.52 bits per heavy atom. The van der Waals surface area contributed by atoms with Crippen LogP contribution in [0.5, 0.6) is 0 Å². The smallest absolute Gasteiger partial charge is 0.314 e. The first-order chi connectivity index (χ1) is 9.88. The van der Waals surface area contributed by atoms with E-state index in [1.807, 2.05) is 0 Å². The summed E-state index contributed by atoms with van der Waals surface area (Å²) in [4.78, 5) is 35.5. The van der Waals surface area contributed by atoms with E-state index < -0.39 is 48.3 Å². The quantitative estimate of drug-likeness (QED) is 0.322. The van der Waals surface area contributed by atoms with Crippen molar-refractivity contribution in [3.63, 3.8) is 0 Å². The first kappa shape index (κ1) is 15.7. The Morgan fingerprint density at radius 2 is 1.90 bits per heavy atom. The van der Waals surface area contributed by atoms with Crippen molar-refractivity contribution in [1.82, 2.24) is 10.2 Å². The van der Waals surface area contributed by atoms with E-state index in [1.165, 1.54) is 0 Å². The fourth-order valence-electron chi connectivity index (χ4n) is 2.53. The highest BCUT2D eigenvalue weighted by Crippen LogP contribution is 2.27. The third kappa shape index (κ3) is 2.71. The van der Waals surface area contributed by atoms with Gasteiger partial charge in [-0.05, 0) is 6.42 Å². The molecular weight excluding hydrogens is 284 g/mol. The Balaban J connectivity index is 2.15. The Morgan fingerprint density at radius 1 is 1.24 bits per heavy atom. The summed E-state index contributed by atoms with van der Waals surface area (Å²) in [6.45, 7) is 1.43. The molecule has 0 radical (unpaired) electrons. The predicted molar refractivity (Wildman–Crippen MR) is 66.5 cm³/mol. The molecule has 2 rings (SSSR count). The van der Waals surface area contributed by atoms with Crippen molar-refractivity contribution in [3.05, 3.63) is 0 Å². The zero-order valence-corrected chi connectivity index (χ0v) is 11.4. The normalized spacial score (nSPS) is 35.4. The van der Waals surface area contributed by atoms with E-state index in [4.69, 9.17) is 4.74 Å². The van der Waals surface area contributed by atoms with Crippen LogP contribution in [0.25, 0.3) is 0 Å². The van der Waals surface area contributed by atoms with Gasteiger partial charge in [-0.2, -0.15) is 0 Å². The Bertz CT molecular complexity index is 455. The number of rotatable bonds is 4. The number of aliphatic hydroxyl groups excluding tert-OH is 3. The molecule has 2 saturated heterocycles. The van der Waals surface area contributed by atoms with Gasteiger partial charge in [0, 0.05) is 6.42 Å². The fourth-order valence-corrected chi connectivity index (χ4v) is 2.53. The van der Waals surface area contributed by atoms with Crippen LogP contribution in [0.4, 0.5) is 0 Å². The molecule has 2 aliphatic heterocycles. The number of fused-ring (bicyclic) bond motifs is 1. The predicted octanol–water partition coefficient (Wildman–Crippen LogP) is -2.92. The van der Waals surface area contributed by atoms with Crippen LogP contribution in [0.3, 0.4) is 0 Å². The van der Waals surface area contributed by atoms with Gasteiger partial charge in [0.1, 0.15) is 31.1 Å². The number of amides is 2. The topological polar surface area (TPSA) is 136 Å². The van der Waals surface area contributed by atoms with Crippen LogP contribution in [-0.4, -0.2) is 75.1 Å². The first-order valence-corrected chi connectivity index (χ1v) is 6.71. The number of ether oxygens (including phenoxy) is 1. The molecule has 9 nitrogen and oxygen atoms in total. The second-order valence-electron chi connectivity index (χ2n) is 5.10. The van der Waals surface area contributed by atoms with Crippen LogP contribution in [0.1, 0.15) is 19.8 Å². The van der Waals surface area contributed by atoms with Crippen LogP contribution in [0.2, 0.25) is 0 Å². The maximum atomic E-state index is 11.8. The molecule has 0 aliphatic carbocycles. The standard InChI is InChI=1S/C12H18N2O7/c1-2-3-6(15)21-4-5-7(16)8(17)9(18)10-13-11(19)12(20)14(5)10/h5,7-10,16-18H,2-4H2,1H3,(H,13,19)/t5-,7-,8+,9+,10+/m1/s1. The summed E-state index contributed by atoms with van der Waals surface area (Å²) in [5.41, 5.74) is 0. The average molecular weight is 302 g/mol. The molecule has 2 heterocycles. The number of hydrogen-bond acceptors (Lipinski definition) is 7. The van der Waals surface area contributed by atoms with Gasteiger partial charge >= 0.3 is 17.8 Å². The molecular formula is C12H18N2O7. The van der Waals surface area contributed by atoms with E-state index in [1.54, 1.807) is 6.92 Å². The minimum Gasteiger partial charge on any atom is -0.463 e. The molecule has 4 N–H and O–H groups in total. The number of nitrogens with one attached hydrogen (secondary N) is 1. The van der Waals surface area contributed by atoms with Gasteiger partial charge in [-0.25, -0.2) is 0 Å². The highest BCUT2D eigenvalue weighted by Gasteiger charge is 2.55. The van der Waals surface area contributed by atoms with Gasteiger partial charge in [-0.3, -0.25) is 14.4 Å². The summed E-state index contributed by atoms with van der Waals surface area (Å²) in [5.74, 6) is -2.39. The van der Waals surface area contributed by atoms with Gasteiger partial charge in [0.2, 0.25) is 0 Å². The van der Waals surface area contributed by atoms with E-state index in [9.17, 15) is 29.7 Å². The van der Waals surface area contributed by atoms with Crippen LogP contribution in [-0.2, 0) is 19.1 Å². The van der Waals surface area contributed by atoms with Crippen molar-refractivity contribution in [2.45, 2.75) is 50.3 Å². The van der Waals surface area contributed by atoms with Gasteiger partial charge in [-0.15, -0.1) is 0 Å². The molecule has 0 saturated carbocycles. The van der Waals surface area contributed by atoms with Crippen molar-refractivity contribution >= 4 is 17.8 Å². The monoisotopic (exact) mass is 302 g/mol. The summed E-state index contributed by atoms with van der Waals surface area (Å²) in [6.07, 6.45) is -4.98. The highest BCUT2D eigenvalue weighted by molar-refractivity contribution is 6.37. The number of hydrogen-bond donors (Lipinski definition) is 4. The molecule has 0 bridgehead atoms. The third-order valence-electron chi connectivity index (χ3n) is 3.65. The number of esters is 1. The molecule has 5 atom stereocenters. The van der Waals surface area contributed by atoms with Gasteiger partial charge in [0.15, 0.2) is 0 Å². The third-order valence-corrected chi connectivity index (χ3v) is 3.65. The molecule has 21 heavy (non-hydrogen) atoms. The number of piperidine rings is 1. The fraction of sp³-hybridized carbons (Fsp3) is 0.750. The molecule has 0 spiro atoms. The minimum atomic E-state index is -1.56. The Kier molecular flexibility index (Phi) is 4.45. The molecule has 2 fully saturated rings. The summed E-state index contributed by atoms with van der Waals surface area (Å²) in [7, 11) is 0. The Hall–Kier alpha value is -1.71. The summed E-state index contributed by atoms with van der Waals surface area (Å²) < 4.78 is 4.94. The minimum absolute atomic E-state index is 0.183. The number of carbonyl (C=O) groups excluding carboxylic acids is 3. The molecule has 2 amide bonds. The van der Waals surface area contributed by atoms with Gasteiger partial charge in [-0.1, -0.05) is 6.92 Å². The van der Waals surface area contributed by atoms with Crippen molar-refractivity contribution in [1.29, 1.82) is 0 Å². The first-order valence-electron chi connectivity index (χ1n) is 6.71. The molecule has 118 valence electrons. The van der Waals surface area contributed by atoms with E-state index >= 15 is 0 Å². The SMILES string of the molecule is CCCC(=O)OC[C@@H]1[C@@H](O)[C@H](O)[C@H](O)[C@H]2NC(=O)C(=O)N12. The lowest BCUT2D eigenvalue weighted by atomic mass is 9.92. The van der Waals surface area contributed by atoms with Crippen LogP contribution >= 0.6 is 0 Å². The van der Waals surface area contributed by atoms with Gasteiger partial charge in [0.25, 0.3) is 0 Å². The van der Waals surface area contributed by atoms with Crippen LogP contribution in [0.15, 0.2) is 0 Å². The molecule has 9 heteroatoms. The zero-order chi connectivity index (χ0) is 15.7. The lowest BCUT2D eigenvalue weighted by molar-refractivity contribution is -0.181. The van der Waals surface area contributed by atoms with E-state index in [0.717, 1.165) is 4.90 Å². The Labute approximate surface area is 120 Å². The molecule has 2 aliphatic rings.